The number of rotatable bonds is 26. The molecule has 8 fully saturated rings. The third-order valence-corrected chi connectivity index (χ3v) is 30.1. The summed E-state index contributed by atoms with van der Waals surface area (Å²) in [6.45, 7) is 14.7. The number of hydroxylamine groups is 2. The number of hydrogen-bond donors (Lipinski definition) is 2. The van der Waals surface area contributed by atoms with Crippen molar-refractivity contribution < 1.29 is 34.1 Å². The minimum atomic E-state index is -1.25. The number of ketones is 1. The molecular weight excluding hydrogens is 1370 g/mol. The van der Waals surface area contributed by atoms with Crippen LogP contribution in [0.2, 0.25) is 0 Å². The maximum absolute atomic E-state index is 13.6. The Balaban J connectivity index is 0.000000245. The van der Waals surface area contributed by atoms with Gasteiger partial charge < -0.3 is 19.7 Å². The number of hydrogen-bond acceptors (Lipinski definition) is 7. The van der Waals surface area contributed by atoms with E-state index in [-0.39, 0.29) is 46.8 Å². The minimum absolute atomic E-state index is 0. The first kappa shape index (κ1) is 99.3. The van der Waals surface area contributed by atoms with E-state index in [4.69, 9.17) is 177 Å². The van der Waals surface area contributed by atoms with Gasteiger partial charge in [0.1, 0.15) is 0 Å². The van der Waals surface area contributed by atoms with E-state index in [1.165, 1.54) is 61.1 Å². The molecule has 8 nitrogen and oxygen atoms in total. The smallest absolute Gasteiger partial charge is 0.249 e. The molecule has 2 aromatic carbocycles. The van der Waals surface area contributed by atoms with Crippen molar-refractivity contribution in [2.75, 3.05) is 41.6 Å². The Bertz CT molecular complexity index is 3090. The number of halogens is 1. The van der Waals surface area contributed by atoms with Gasteiger partial charge in [-0.1, -0.05) is 78.7 Å². The van der Waals surface area contributed by atoms with Gasteiger partial charge in [0.2, 0.25) is 5.91 Å². The molecule has 8 aliphatic rings. The maximum atomic E-state index is 13.6. The number of nitrogens with zero attached hydrogens (tertiary/aromatic N) is 1. The van der Waals surface area contributed by atoms with Gasteiger partial charge in [0.05, 0.1) is 31.5 Å². The summed E-state index contributed by atoms with van der Waals surface area (Å²) in [5, 5.41) is 23.0. The van der Waals surface area contributed by atoms with Crippen LogP contribution in [0.15, 0.2) is 53.0 Å². The molecule has 49 heteroatoms. The molecule has 0 aromatic heterocycles. The summed E-state index contributed by atoms with van der Waals surface area (Å²) in [5.74, 6) is 5.95. The molecule has 2 aromatic rings. The van der Waals surface area contributed by atoms with Crippen LogP contribution in [0, 0.1) is 94.7 Å². The maximum Gasteiger partial charge on any atom is 0.249 e. The van der Waals surface area contributed by atoms with Gasteiger partial charge in [0.25, 0.3) is 0 Å². The van der Waals surface area contributed by atoms with Crippen LogP contribution in [0.3, 0.4) is 0 Å². The molecule has 1 amide bonds. The molecule has 8 aliphatic carbocycles. The van der Waals surface area contributed by atoms with Gasteiger partial charge >= 0.3 is 0 Å². The largest absolute Gasteiger partial charge is 0.390 e. The number of benzene rings is 2. The number of ether oxygens (including phenoxy) is 2. The van der Waals surface area contributed by atoms with Gasteiger partial charge in [-0.05, 0) is 230 Å². The Hall–Kier alpha value is 0.457. The first-order valence-electron chi connectivity index (χ1n) is 40.2. The fourth-order valence-corrected chi connectivity index (χ4v) is 25.2. The lowest BCUT2D eigenvalue weighted by Crippen LogP contribution is -2.92. The van der Waals surface area contributed by atoms with Crippen molar-refractivity contribution >= 4 is 311 Å². The van der Waals surface area contributed by atoms with Crippen molar-refractivity contribution in [3.8, 4) is 0 Å². The second-order valence-electron chi connectivity index (χ2n) is 36.4. The second kappa shape index (κ2) is 41.8. The Labute approximate surface area is 712 Å². The predicted molar refractivity (Wildman–Crippen MR) is 515 cm³/mol. The second-order valence-corrected chi connectivity index (χ2v) is 37.3. The summed E-state index contributed by atoms with van der Waals surface area (Å²) in [5.41, 5.74) is 2.99. The molecule has 16 atom stereocenters. The summed E-state index contributed by atoms with van der Waals surface area (Å²) in [6, 6.07) is 16.4. The van der Waals surface area contributed by atoms with Crippen molar-refractivity contribution in [2.45, 2.75) is 176 Å². The van der Waals surface area contributed by atoms with Crippen LogP contribution in [0.1, 0.15) is 172 Å². The molecule has 0 aliphatic heterocycles. The zero-order valence-electron chi connectivity index (χ0n) is 67.4. The van der Waals surface area contributed by atoms with E-state index < -0.39 is 133 Å². The summed E-state index contributed by atoms with van der Waals surface area (Å²) in [6.07, 6.45) is -1.86. The molecule has 110 heavy (non-hydrogen) atoms. The predicted octanol–water partition coefficient (Wildman–Crippen LogP) is -1.58. The number of amides is 1. The fourth-order valence-electron chi connectivity index (χ4n) is 24.7. The lowest BCUT2D eigenvalue weighted by Gasteiger charge is -2.62. The number of carbonyl (C=O) groups excluding carboxylic acids is 2. The molecule has 512 valence electrons. The molecule has 0 unspecified atom stereocenters. The van der Waals surface area contributed by atoms with Gasteiger partial charge in [-0.3, -0.25) is 14.4 Å². The van der Waals surface area contributed by atoms with E-state index in [0.717, 1.165) is 93.9 Å². The average molecular weight is 1470 g/mol. The highest BCUT2D eigenvalue weighted by Gasteiger charge is 2.66. The quantitative estimate of drug-likeness (QED) is 0.0667. The summed E-state index contributed by atoms with van der Waals surface area (Å²) in [4.78, 5) is 31.9. The van der Waals surface area contributed by atoms with Crippen LogP contribution in [0.5, 0.6) is 0 Å². The highest BCUT2D eigenvalue weighted by Crippen LogP contribution is 2.70. The van der Waals surface area contributed by atoms with Gasteiger partial charge in [-0.2, -0.15) is 0 Å². The van der Waals surface area contributed by atoms with Crippen molar-refractivity contribution in [3.63, 3.8) is 0 Å². The zero-order valence-corrected chi connectivity index (χ0v) is 69.0. The third-order valence-electron chi connectivity index (χ3n) is 29.6. The highest BCUT2D eigenvalue weighted by atomic mass is 79.9. The highest BCUT2D eigenvalue weighted by molar-refractivity contribution is 9.10. The van der Waals surface area contributed by atoms with Crippen LogP contribution < -0.4 is 0 Å². The van der Waals surface area contributed by atoms with Crippen LogP contribution in [0.4, 0.5) is 0 Å². The number of methoxy groups -OCH3 is 2. The van der Waals surface area contributed by atoms with Crippen LogP contribution in [-0.2, 0) is 19.1 Å². The number of Topliss-reactive ketones (excluding diaryl/α,β-unsaturated/α-hetero) is 1. The van der Waals surface area contributed by atoms with Crippen LogP contribution in [-0.4, -0.2) is 364 Å². The summed E-state index contributed by atoms with van der Waals surface area (Å²) >= 11 is 3.36. The molecule has 0 saturated heterocycles. The summed E-state index contributed by atoms with van der Waals surface area (Å²) in [7, 11) is 138. The number of carbonyl (C=O) groups is 2. The monoisotopic (exact) mass is 1470 g/mol. The third kappa shape index (κ3) is 22.0. The molecule has 0 heterocycles. The van der Waals surface area contributed by atoms with Crippen molar-refractivity contribution in [1.29, 1.82) is 0 Å². The van der Waals surface area contributed by atoms with E-state index in [1.807, 2.05) is 52.3 Å². The van der Waals surface area contributed by atoms with E-state index in [2.05, 4.69) is 67.9 Å². The fraction of sp³-hybridized carbons (Fsp3) is 0.770. The topological polar surface area (TPSA) is 106 Å². The molecule has 10 rings (SSSR count). The number of aryl methyl sites for hydroxylation is 2. The zero-order chi connectivity index (χ0) is 81.7. The van der Waals surface area contributed by atoms with E-state index in [1.54, 1.807) is 14.2 Å². The molecule has 42 radical (unpaired) electrons. The van der Waals surface area contributed by atoms with E-state index >= 15 is 0 Å². The minimum Gasteiger partial charge on any atom is -0.390 e. The van der Waals surface area contributed by atoms with Gasteiger partial charge in [-0.25, -0.2) is 5.06 Å². The van der Waals surface area contributed by atoms with Crippen LogP contribution >= 0.6 is 15.9 Å². The lowest BCUT2D eigenvalue weighted by molar-refractivity contribution is -0.188. The first-order valence-corrected chi connectivity index (χ1v) is 41.0. The first-order chi connectivity index (χ1) is 50.8. The molecule has 0 spiro atoms. The average Bonchev–Trinajstić information content (AvgIpc) is 1.37. The Kier molecular flexibility index (Phi) is 37.7. The Morgan fingerprint density at radius 1 is 0.445 bits per heavy atom. The van der Waals surface area contributed by atoms with Crippen molar-refractivity contribution in [2.24, 2.45) is 80.8 Å². The Morgan fingerprint density at radius 3 is 1.13 bits per heavy atom. The SMILES string of the molecule is C.COC[C@]12CC[C@@](C)(O)C[C@@H]1CC[C@H]1[C@@H]3CC[C@H](C(=O)N(C)OC)[C@@]3(C)CC[C@@H]12.COC[C@]12CC[C@@](C)(O)C[C@@H]1CC[C@H]1[C@@H]3CC[C@H](C(=O)c4cccc(C)c4)[C@@]3(C)CC[C@@H]12.Cc1cccc(Br)c1.[B]B([B])B([B])B(B([B])[B])B(B(B(B([B])[B])B([B])[B])B(B([B])[B])B([B])[B])B(B(B([B])[B])B([B])[B])B(B([B])[B])B([B])[B]. The van der Waals surface area contributed by atoms with Gasteiger partial charge in [-0.15, -0.1) is 0 Å². The van der Waals surface area contributed by atoms with E-state index in [9.17, 15) is 19.8 Å². The Morgan fingerprint density at radius 2 is 0.800 bits per heavy atom. The van der Waals surface area contributed by atoms with Gasteiger partial charge in [0.15, 0.2) is 5.78 Å². The normalized spacial score (nSPS) is 30.4. The summed E-state index contributed by atoms with van der Waals surface area (Å²) < 4.78 is 12.9. The molecule has 2 N–H and O–H groups in total. The molecule has 8 saturated carbocycles. The van der Waals surface area contributed by atoms with Gasteiger partial charge in [0, 0.05) is 327 Å². The number of aliphatic hydroxyl groups is 2. The van der Waals surface area contributed by atoms with Crippen molar-refractivity contribution in [3.05, 3.63) is 69.7 Å². The molecular formula is C61H94B40BrNO7. The van der Waals surface area contributed by atoms with Crippen molar-refractivity contribution in [1.82, 2.24) is 5.06 Å². The van der Waals surface area contributed by atoms with E-state index in [0.29, 0.717) is 53.1 Å². The standard InChI is InChI=1S/C29H42O3.C24H41NO4.C7H7Br.CH4.B40/c1-19-6-5-7-20(16-19)26(30)25-11-10-23-22-9-8-21-17-27(2,31)14-15-29(21,18-32-4)24(22)12-13-28(23,25)3;1-22(27)12-13-24(15-28-4)16(14-22)6-7-17-18-8-9-20(21(26)25(3)29-5)23(18,2)11-10-19(17)24;1-6-3-2-4-7(8)5-6;;1-22(2)32(21)37(31(19)20)40(38(33(23(3)4)24(5)6)34(25(7)8)26(9)10)39(35(27(11)12)28(13)14)36(29(15)16)30(17)18/h5-7,16,21-25,31H,8-15,17-18H2,1-4H3;16-20,27H,6-15H2,1-5H3;2-5H,1H3;1H4;/t21-,22-,23-,24-,25+,27+,28-,29+;16-,17-,18-,19-,20+,22+,23-,24+;;;/m00.../s1. The number of fused-ring (bicyclic) bond motifs is 10. The van der Waals surface area contributed by atoms with Crippen LogP contribution in [0.25, 0.3) is 0 Å². The molecule has 0 bridgehead atoms. The lowest BCUT2D eigenvalue weighted by atomic mass is 8.27.